The van der Waals surface area contributed by atoms with Gasteiger partial charge in [0, 0.05) is 0 Å². The minimum Gasteiger partial charge on any atom is -0.198 e. The third kappa shape index (κ3) is 5.06. The summed E-state index contributed by atoms with van der Waals surface area (Å²) in [6.07, 6.45) is -7.80. The first-order valence-electron chi connectivity index (χ1n) is 9.08. The van der Waals surface area contributed by atoms with Crippen LogP contribution in [0.1, 0.15) is 45.4 Å². The minimum atomic E-state index is -8.59. The number of unbranched alkanes of at least 4 members (excludes halogenated alkanes) is 4. The first-order chi connectivity index (χ1) is 14.7. The molecule has 0 aliphatic carbocycles. The summed E-state index contributed by atoms with van der Waals surface area (Å²) in [7, 11) is 0. The van der Waals surface area contributed by atoms with Crippen molar-refractivity contribution in [1.29, 1.82) is 0 Å². The van der Waals surface area contributed by atoms with Crippen LogP contribution in [0.3, 0.4) is 0 Å². The first kappa shape index (κ1) is 33.3. The smallest absolute Gasteiger partial charge is 0.198 e. The van der Waals surface area contributed by atoms with Gasteiger partial charge in [-0.25, -0.2) is 0 Å². The maximum Gasteiger partial charge on any atom is 0.460 e. The lowest BCUT2D eigenvalue weighted by atomic mass is 9.87. The molecule has 0 amide bonds. The Bertz CT molecular complexity index is 667. The molecule has 0 rings (SSSR count). The molecule has 18 heteroatoms. The van der Waals surface area contributed by atoms with Crippen LogP contribution >= 0.6 is 15.9 Å². The molecule has 0 saturated heterocycles. The summed E-state index contributed by atoms with van der Waals surface area (Å²) < 4.78 is 225. The number of alkyl halides is 18. The van der Waals surface area contributed by atoms with E-state index in [0.717, 1.165) is 0 Å². The highest BCUT2D eigenvalue weighted by Crippen LogP contribution is 2.64. The monoisotopic (exact) mass is 610 g/mol. The van der Waals surface area contributed by atoms with Crippen molar-refractivity contribution in [2.45, 2.75) is 97.9 Å². The molecule has 0 aliphatic rings. The van der Waals surface area contributed by atoms with Crippen LogP contribution < -0.4 is 0 Å². The fraction of sp³-hybridized carbons (Fsp3) is 1.00. The van der Waals surface area contributed by atoms with Crippen molar-refractivity contribution >= 4 is 15.9 Å². The second kappa shape index (κ2) is 9.98. The lowest BCUT2D eigenvalue weighted by Gasteiger charge is -2.43. The fourth-order valence-electron chi connectivity index (χ4n) is 2.48. The van der Waals surface area contributed by atoms with Crippen molar-refractivity contribution in [2.24, 2.45) is 0 Å². The molecule has 0 fully saturated rings. The summed E-state index contributed by atoms with van der Waals surface area (Å²) in [6.45, 7) is 1.70. The zero-order valence-corrected chi connectivity index (χ0v) is 18.2. The van der Waals surface area contributed by atoms with E-state index in [9.17, 15) is 74.6 Å². The Morgan fingerprint density at radius 3 is 1.15 bits per heavy atom. The van der Waals surface area contributed by atoms with E-state index in [4.69, 9.17) is 0 Å². The Kier molecular flexibility index (Phi) is 9.77. The van der Waals surface area contributed by atoms with Gasteiger partial charge in [0.2, 0.25) is 0 Å². The largest absolute Gasteiger partial charge is 0.460 e. The Hall–Kier alpha value is -0.710. The van der Waals surface area contributed by atoms with Crippen molar-refractivity contribution in [2.75, 3.05) is 0 Å². The van der Waals surface area contributed by atoms with Gasteiger partial charge in [-0.05, 0) is 6.42 Å². The lowest BCUT2D eigenvalue weighted by molar-refractivity contribution is -0.461. The van der Waals surface area contributed by atoms with E-state index in [1.165, 1.54) is 0 Å². The Morgan fingerprint density at radius 1 is 0.471 bits per heavy atom. The first-order valence-corrected chi connectivity index (χ1v) is 10.0. The van der Waals surface area contributed by atoms with E-state index in [2.05, 4.69) is 0 Å². The molecule has 0 aromatic heterocycles. The molecule has 34 heavy (non-hydrogen) atoms. The van der Waals surface area contributed by atoms with Crippen LogP contribution in [0.25, 0.3) is 0 Å². The molecule has 0 bridgehead atoms. The van der Waals surface area contributed by atoms with Crippen molar-refractivity contribution in [3.8, 4) is 0 Å². The summed E-state index contributed by atoms with van der Waals surface area (Å²) in [5.74, 6) is -56.0. The highest BCUT2D eigenvalue weighted by Gasteiger charge is 2.95. The standard InChI is InChI=1S/C16H16BrF17/c1-2-3-4-5-6-7-8(17)9(18,19)10(20,21)11(22,23)12(24,25)13(26,27)14(28,29)15(30,31)16(32,33)34/h8H,2-7H2,1H3. The third-order valence-electron chi connectivity index (χ3n) is 4.70. The topological polar surface area (TPSA) is 0 Å². The molecule has 0 N–H and O–H groups in total. The van der Waals surface area contributed by atoms with Crippen LogP contribution in [0, 0.1) is 0 Å². The van der Waals surface area contributed by atoms with Crippen molar-refractivity contribution in [3.05, 3.63) is 0 Å². The van der Waals surface area contributed by atoms with Crippen LogP contribution in [0.2, 0.25) is 0 Å². The number of hydrogen-bond donors (Lipinski definition) is 0. The average Bonchev–Trinajstić information content (AvgIpc) is 2.65. The molecular weight excluding hydrogens is 595 g/mol. The Labute approximate surface area is 189 Å². The molecule has 1 unspecified atom stereocenters. The molecule has 206 valence electrons. The lowest BCUT2D eigenvalue weighted by Crippen LogP contribution is -2.75. The molecule has 0 aromatic carbocycles. The van der Waals surface area contributed by atoms with Gasteiger partial charge in [-0.2, -0.15) is 74.6 Å². The molecule has 0 aliphatic heterocycles. The predicted molar refractivity (Wildman–Crippen MR) is 86.8 cm³/mol. The van der Waals surface area contributed by atoms with Crippen molar-refractivity contribution in [1.82, 2.24) is 0 Å². The molecule has 0 aromatic rings. The van der Waals surface area contributed by atoms with E-state index in [0.29, 0.717) is 19.3 Å². The summed E-state index contributed by atoms with van der Waals surface area (Å²) >= 11 is 1.80. The Balaban J connectivity index is 6.30. The summed E-state index contributed by atoms with van der Waals surface area (Å²) in [5, 5.41) is 0. The van der Waals surface area contributed by atoms with Crippen LogP contribution in [0.5, 0.6) is 0 Å². The van der Waals surface area contributed by atoms with Gasteiger partial charge in [-0.1, -0.05) is 55.0 Å². The number of hydrogen-bond acceptors (Lipinski definition) is 0. The molecule has 0 saturated carbocycles. The maximum absolute atomic E-state index is 13.9. The van der Waals surface area contributed by atoms with E-state index < -0.39 is 65.3 Å². The van der Waals surface area contributed by atoms with Gasteiger partial charge in [0.25, 0.3) is 0 Å². The van der Waals surface area contributed by atoms with Gasteiger partial charge in [0.1, 0.15) is 0 Å². The molecular formula is C16H16BrF17. The van der Waals surface area contributed by atoms with E-state index in [-0.39, 0.29) is 6.42 Å². The van der Waals surface area contributed by atoms with Gasteiger partial charge in [-0.15, -0.1) is 0 Å². The highest BCUT2D eigenvalue weighted by atomic mass is 79.9. The quantitative estimate of drug-likeness (QED) is 0.111. The van der Waals surface area contributed by atoms with Gasteiger partial charge in [-0.3, -0.25) is 0 Å². The number of halogens is 18. The van der Waals surface area contributed by atoms with Gasteiger partial charge in [0.05, 0.1) is 4.83 Å². The maximum atomic E-state index is 13.9. The number of rotatable bonds is 13. The molecule has 0 heterocycles. The zero-order valence-electron chi connectivity index (χ0n) is 16.6. The van der Waals surface area contributed by atoms with Crippen LogP contribution in [-0.4, -0.2) is 52.5 Å². The predicted octanol–water partition coefficient (Wildman–Crippen LogP) is 9.12. The summed E-state index contributed by atoms with van der Waals surface area (Å²) in [4.78, 5) is -3.14. The van der Waals surface area contributed by atoms with E-state index in [1.54, 1.807) is 22.9 Å². The highest BCUT2D eigenvalue weighted by molar-refractivity contribution is 9.09. The van der Waals surface area contributed by atoms with Crippen LogP contribution in [0.15, 0.2) is 0 Å². The minimum absolute atomic E-state index is 0.0426. The molecule has 0 spiro atoms. The van der Waals surface area contributed by atoms with Crippen molar-refractivity contribution in [3.63, 3.8) is 0 Å². The van der Waals surface area contributed by atoms with Crippen LogP contribution in [-0.2, 0) is 0 Å². The second-order valence-electron chi connectivity index (χ2n) is 7.24. The SMILES string of the molecule is CCCCCCCC(Br)C(F)(F)C(F)(F)C(F)(F)C(F)(F)C(F)(F)C(F)(F)C(F)(F)C(F)(F)F. The zero-order chi connectivity index (χ0) is 27.8. The second-order valence-corrected chi connectivity index (χ2v) is 8.34. The third-order valence-corrected chi connectivity index (χ3v) is 5.73. The van der Waals surface area contributed by atoms with Gasteiger partial charge < -0.3 is 0 Å². The molecule has 0 radical (unpaired) electrons. The Morgan fingerprint density at radius 2 is 0.794 bits per heavy atom. The average molecular weight is 611 g/mol. The van der Waals surface area contributed by atoms with E-state index >= 15 is 0 Å². The van der Waals surface area contributed by atoms with Crippen molar-refractivity contribution < 1.29 is 74.6 Å². The fourth-order valence-corrected chi connectivity index (χ4v) is 3.09. The van der Waals surface area contributed by atoms with Gasteiger partial charge in [0.15, 0.2) is 0 Å². The van der Waals surface area contributed by atoms with Gasteiger partial charge >= 0.3 is 47.6 Å². The summed E-state index contributed by atoms with van der Waals surface area (Å²) in [6, 6.07) is 0. The van der Waals surface area contributed by atoms with E-state index in [1.807, 2.05) is 0 Å². The summed E-state index contributed by atoms with van der Waals surface area (Å²) in [5.41, 5.74) is 0. The van der Waals surface area contributed by atoms with Crippen LogP contribution in [0.4, 0.5) is 74.6 Å². The molecule has 1 atom stereocenters. The normalized spacial score (nSPS) is 16.7. The molecule has 0 nitrogen and oxygen atoms in total.